The molecule has 1 amide bonds. The summed E-state index contributed by atoms with van der Waals surface area (Å²) in [6, 6.07) is 7.77. The van der Waals surface area contributed by atoms with Crippen LogP contribution in [0.5, 0.6) is 5.75 Å². The first kappa shape index (κ1) is 24.8. The second-order valence-electron chi connectivity index (χ2n) is 7.21. The van der Waals surface area contributed by atoms with Crippen molar-refractivity contribution in [3.8, 4) is 5.75 Å². The Morgan fingerprint density at radius 2 is 1.97 bits per heavy atom. The molecule has 10 heteroatoms. The predicted octanol–water partition coefficient (Wildman–Crippen LogP) is 3.14. The number of anilines is 1. The molecule has 3 aromatic rings. The van der Waals surface area contributed by atoms with E-state index >= 15 is 0 Å². The number of fused-ring (bicyclic) bond motifs is 1. The molecule has 2 aromatic heterocycles. The lowest BCUT2D eigenvalue weighted by Crippen LogP contribution is -2.27. The zero-order valence-electron chi connectivity index (χ0n) is 19.5. The van der Waals surface area contributed by atoms with Crippen LogP contribution in [0.15, 0.2) is 35.6 Å². The van der Waals surface area contributed by atoms with Gasteiger partial charge in [0.25, 0.3) is 0 Å². The molecule has 0 aliphatic carbocycles. The zero-order chi connectivity index (χ0) is 23.5. The molecular formula is C23H32N6O3S. The van der Waals surface area contributed by atoms with Gasteiger partial charge in [0.2, 0.25) is 5.91 Å². The molecule has 178 valence electrons. The molecule has 0 fully saturated rings. The molecular weight excluding hydrogens is 440 g/mol. The first-order valence-electron chi connectivity index (χ1n) is 11.2. The number of benzene rings is 1. The molecule has 0 aliphatic heterocycles. The highest BCUT2D eigenvalue weighted by molar-refractivity contribution is 7.99. The number of hydrogen-bond acceptors (Lipinski definition) is 8. The van der Waals surface area contributed by atoms with E-state index in [1.165, 1.54) is 0 Å². The molecule has 3 rings (SSSR count). The van der Waals surface area contributed by atoms with Gasteiger partial charge in [-0.2, -0.15) is 5.10 Å². The van der Waals surface area contributed by atoms with Crippen molar-refractivity contribution in [3.05, 3.63) is 36.0 Å². The Kier molecular flexibility index (Phi) is 9.77. The van der Waals surface area contributed by atoms with Gasteiger partial charge in [-0.15, -0.1) is 0 Å². The number of aromatic nitrogens is 4. The Morgan fingerprint density at radius 3 is 2.70 bits per heavy atom. The maximum absolute atomic E-state index is 12.3. The smallest absolute Gasteiger partial charge is 0.220 e. The number of hydrogen-bond donors (Lipinski definition) is 2. The SMILES string of the molecule is CCOCCNc1nc(SCC)nc2c1cnn2CCNC(=O)CCc1ccc(OC)cc1. The third-order valence-electron chi connectivity index (χ3n) is 4.94. The van der Waals surface area contributed by atoms with Crippen LogP contribution in [0.1, 0.15) is 25.8 Å². The molecule has 0 radical (unpaired) electrons. The fourth-order valence-electron chi connectivity index (χ4n) is 3.25. The zero-order valence-corrected chi connectivity index (χ0v) is 20.3. The van der Waals surface area contributed by atoms with Gasteiger partial charge >= 0.3 is 0 Å². The fourth-order valence-corrected chi connectivity index (χ4v) is 3.82. The number of rotatable bonds is 14. The standard InChI is InChI=1S/C23H32N6O3S/c1-4-32-15-13-25-21-19-16-26-29(22(19)28-23(27-21)33-5-2)14-12-24-20(30)11-8-17-6-9-18(31-3)10-7-17/h6-7,9-10,16H,4-5,8,11-15H2,1-3H3,(H,24,30)(H,25,27,28). The van der Waals surface area contributed by atoms with E-state index in [2.05, 4.69) is 32.6 Å². The molecule has 0 bridgehead atoms. The van der Waals surface area contributed by atoms with E-state index in [-0.39, 0.29) is 5.91 Å². The first-order valence-corrected chi connectivity index (χ1v) is 12.2. The second kappa shape index (κ2) is 13.0. The largest absolute Gasteiger partial charge is 0.497 e. The first-order chi connectivity index (χ1) is 16.1. The van der Waals surface area contributed by atoms with Gasteiger partial charge in [0.05, 0.1) is 31.8 Å². The highest BCUT2D eigenvalue weighted by Gasteiger charge is 2.13. The summed E-state index contributed by atoms with van der Waals surface area (Å²) in [4.78, 5) is 21.6. The lowest BCUT2D eigenvalue weighted by atomic mass is 10.1. The third-order valence-corrected chi connectivity index (χ3v) is 5.67. The molecule has 0 unspecified atom stereocenters. The highest BCUT2D eigenvalue weighted by Crippen LogP contribution is 2.24. The molecule has 0 saturated heterocycles. The van der Waals surface area contributed by atoms with Gasteiger partial charge in [-0.3, -0.25) is 4.79 Å². The summed E-state index contributed by atoms with van der Waals surface area (Å²) >= 11 is 1.58. The van der Waals surface area contributed by atoms with Crippen molar-refractivity contribution in [1.29, 1.82) is 0 Å². The Morgan fingerprint density at radius 1 is 1.15 bits per heavy atom. The van der Waals surface area contributed by atoms with E-state index in [1.807, 2.05) is 35.9 Å². The predicted molar refractivity (Wildman–Crippen MR) is 131 cm³/mol. The summed E-state index contributed by atoms with van der Waals surface area (Å²) in [5, 5.41) is 12.3. The minimum absolute atomic E-state index is 0.0115. The lowest BCUT2D eigenvalue weighted by Gasteiger charge is -2.10. The highest BCUT2D eigenvalue weighted by atomic mass is 32.2. The van der Waals surface area contributed by atoms with E-state index < -0.39 is 0 Å². The molecule has 33 heavy (non-hydrogen) atoms. The number of nitrogens with one attached hydrogen (secondary N) is 2. The quantitative estimate of drug-likeness (QED) is 0.210. The summed E-state index contributed by atoms with van der Waals surface area (Å²) in [6.45, 7) is 7.00. The van der Waals surface area contributed by atoms with Crippen LogP contribution in [0.3, 0.4) is 0 Å². The molecule has 2 heterocycles. The Balaban J connectivity index is 1.56. The summed E-state index contributed by atoms with van der Waals surface area (Å²) in [7, 11) is 1.64. The van der Waals surface area contributed by atoms with Gasteiger partial charge in [0, 0.05) is 26.1 Å². The van der Waals surface area contributed by atoms with Crippen LogP contribution in [0.2, 0.25) is 0 Å². The minimum Gasteiger partial charge on any atom is -0.497 e. The monoisotopic (exact) mass is 472 g/mol. The van der Waals surface area contributed by atoms with Crippen molar-refractivity contribution in [3.63, 3.8) is 0 Å². The maximum atomic E-state index is 12.3. The van der Waals surface area contributed by atoms with E-state index in [9.17, 15) is 4.79 Å². The molecule has 0 spiro atoms. The van der Waals surface area contributed by atoms with Gasteiger partial charge in [-0.1, -0.05) is 30.8 Å². The number of carbonyl (C=O) groups is 1. The van der Waals surface area contributed by atoms with Crippen LogP contribution < -0.4 is 15.4 Å². The fraction of sp³-hybridized carbons (Fsp3) is 0.478. The van der Waals surface area contributed by atoms with E-state index in [0.29, 0.717) is 50.8 Å². The Labute approximate surface area is 198 Å². The number of methoxy groups -OCH3 is 1. The number of ether oxygens (including phenoxy) is 2. The van der Waals surface area contributed by atoms with E-state index in [1.54, 1.807) is 25.1 Å². The molecule has 0 saturated carbocycles. The molecule has 9 nitrogen and oxygen atoms in total. The lowest BCUT2D eigenvalue weighted by molar-refractivity contribution is -0.121. The van der Waals surface area contributed by atoms with Crippen molar-refractivity contribution < 1.29 is 14.3 Å². The van der Waals surface area contributed by atoms with Gasteiger partial charge in [0.15, 0.2) is 10.8 Å². The number of aryl methyl sites for hydroxylation is 1. The van der Waals surface area contributed by atoms with Crippen LogP contribution in [0.25, 0.3) is 11.0 Å². The minimum atomic E-state index is 0.0115. The van der Waals surface area contributed by atoms with Crippen molar-refractivity contribution in [2.75, 3.05) is 44.5 Å². The normalized spacial score (nSPS) is 11.0. The molecule has 0 aliphatic rings. The van der Waals surface area contributed by atoms with Crippen LogP contribution in [0, 0.1) is 0 Å². The average molecular weight is 473 g/mol. The second-order valence-corrected chi connectivity index (χ2v) is 8.45. The summed E-state index contributed by atoms with van der Waals surface area (Å²) in [6.07, 6.45) is 2.88. The van der Waals surface area contributed by atoms with E-state index in [0.717, 1.165) is 33.9 Å². The topological polar surface area (TPSA) is 103 Å². The number of nitrogens with zero attached hydrogens (tertiary/aromatic N) is 4. The number of thioether (sulfide) groups is 1. The van der Waals surface area contributed by atoms with Crippen LogP contribution in [-0.4, -0.2) is 64.8 Å². The van der Waals surface area contributed by atoms with E-state index in [4.69, 9.17) is 9.47 Å². The van der Waals surface area contributed by atoms with Crippen LogP contribution >= 0.6 is 11.8 Å². The van der Waals surface area contributed by atoms with Crippen LogP contribution in [0.4, 0.5) is 5.82 Å². The Bertz CT molecular complexity index is 1020. The summed E-state index contributed by atoms with van der Waals surface area (Å²) in [5.41, 5.74) is 1.86. The van der Waals surface area contributed by atoms with Gasteiger partial charge in [-0.25, -0.2) is 14.6 Å². The van der Waals surface area contributed by atoms with Crippen molar-refractivity contribution in [1.82, 2.24) is 25.1 Å². The number of amides is 1. The maximum Gasteiger partial charge on any atom is 0.220 e. The van der Waals surface area contributed by atoms with Gasteiger partial charge in [-0.05, 0) is 36.8 Å². The summed E-state index contributed by atoms with van der Waals surface area (Å²) < 4.78 is 12.4. The molecule has 0 atom stereocenters. The van der Waals surface area contributed by atoms with Crippen LogP contribution in [-0.2, 0) is 22.5 Å². The van der Waals surface area contributed by atoms with Crippen molar-refractivity contribution in [2.24, 2.45) is 0 Å². The molecule has 1 aromatic carbocycles. The average Bonchev–Trinajstić information content (AvgIpc) is 3.24. The van der Waals surface area contributed by atoms with Crippen molar-refractivity contribution >= 4 is 34.5 Å². The van der Waals surface area contributed by atoms with Gasteiger partial charge in [0.1, 0.15) is 11.6 Å². The Hall–Kier alpha value is -2.85. The number of carbonyl (C=O) groups excluding carboxylic acids is 1. The summed E-state index contributed by atoms with van der Waals surface area (Å²) in [5.74, 6) is 2.46. The van der Waals surface area contributed by atoms with Gasteiger partial charge < -0.3 is 20.1 Å². The molecule has 2 N–H and O–H groups in total. The van der Waals surface area contributed by atoms with Crippen molar-refractivity contribution in [2.45, 2.75) is 38.4 Å². The third kappa shape index (κ3) is 7.33.